The third-order valence-electron chi connectivity index (χ3n) is 2.85. The number of ether oxygens (including phenoxy) is 2. The van der Waals surface area contributed by atoms with Crippen LogP contribution in [0.15, 0.2) is 23.3 Å². The predicted octanol–water partition coefficient (Wildman–Crippen LogP) is 0.788. The number of esters is 2. The van der Waals surface area contributed by atoms with Gasteiger partial charge in [0, 0.05) is 11.1 Å². The summed E-state index contributed by atoms with van der Waals surface area (Å²) in [6, 6.07) is 0. The van der Waals surface area contributed by atoms with Crippen LogP contribution in [0.1, 0.15) is 33.1 Å². The first kappa shape index (κ1) is 15.4. The van der Waals surface area contributed by atoms with E-state index in [1.807, 2.05) is 0 Å². The third-order valence-corrected chi connectivity index (χ3v) is 2.85. The van der Waals surface area contributed by atoms with E-state index in [4.69, 9.17) is 5.11 Å². The highest BCUT2D eigenvalue weighted by molar-refractivity contribution is 5.90. The van der Waals surface area contributed by atoms with Crippen LogP contribution in [0.5, 0.6) is 0 Å². The molecule has 0 saturated heterocycles. The van der Waals surface area contributed by atoms with Crippen LogP contribution in [0.2, 0.25) is 0 Å². The Bertz CT molecular complexity index is 430. The SMILES string of the molecule is C=C(C)C(=O)OC(O)(CO)OC(=O)C(C)=C1CCC1. The highest BCUT2D eigenvalue weighted by Crippen LogP contribution is 2.29. The van der Waals surface area contributed by atoms with Crippen molar-refractivity contribution in [1.29, 1.82) is 0 Å². The normalized spacial score (nSPS) is 16.9. The van der Waals surface area contributed by atoms with Gasteiger partial charge in [-0.2, -0.15) is 0 Å². The fourth-order valence-electron chi connectivity index (χ4n) is 1.41. The van der Waals surface area contributed by atoms with Crippen molar-refractivity contribution >= 4 is 11.9 Å². The van der Waals surface area contributed by atoms with Crippen LogP contribution < -0.4 is 0 Å². The van der Waals surface area contributed by atoms with Crippen molar-refractivity contribution in [3.63, 3.8) is 0 Å². The molecule has 0 amide bonds. The molecule has 0 aromatic heterocycles. The molecule has 19 heavy (non-hydrogen) atoms. The maximum absolute atomic E-state index is 11.7. The van der Waals surface area contributed by atoms with Gasteiger partial charge in [0.15, 0.2) is 0 Å². The van der Waals surface area contributed by atoms with E-state index >= 15 is 0 Å². The molecule has 1 fully saturated rings. The topological polar surface area (TPSA) is 93.1 Å². The molecule has 0 heterocycles. The van der Waals surface area contributed by atoms with Crippen LogP contribution in [0.4, 0.5) is 0 Å². The van der Waals surface area contributed by atoms with Crippen molar-refractivity contribution in [2.75, 3.05) is 6.61 Å². The molecule has 0 aliphatic heterocycles. The summed E-state index contributed by atoms with van der Waals surface area (Å²) in [4.78, 5) is 23.0. The van der Waals surface area contributed by atoms with Gasteiger partial charge >= 0.3 is 17.9 Å². The van der Waals surface area contributed by atoms with Crippen molar-refractivity contribution in [2.24, 2.45) is 0 Å². The first-order valence-electron chi connectivity index (χ1n) is 5.93. The van der Waals surface area contributed by atoms with E-state index in [9.17, 15) is 14.7 Å². The van der Waals surface area contributed by atoms with E-state index in [0.29, 0.717) is 5.57 Å². The van der Waals surface area contributed by atoms with Gasteiger partial charge in [0.2, 0.25) is 0 Å². The molecule has 6 heteroatoms. The Labute approximate surface area is 111 Å². The lowest BCUT2D eigenvalue weighted by Crippen LogP contribution is -2.44. The maximum atomic E-state index is 11.7. The van der Waals surface area contributed by atoms with Crippen LogP contribution >= 0.6 is 0 Å². The van der Waals surface area contributed by atoms with Gasteiger partial charge in [-0.3, -0.25) is 0 Å². The fourth-order valence-corrected chi connectivity index (χ4v) is 1.41. The number of rotatable bonds is 5. The Morgan fingerprint density at radius 2 is 1.79 bits per heavy atom. The second kappa shape index (κ2) is 5.99. The van der Waals surface area contributed by atoms with Crippen LogP contribution in [-0.2, 0) is 19.1 Å². The summed E-state index contributed by atoms with van der Waals surface area (Å²) >= 11 is 0. The molecule has 1 aliphatic carbocycles. The molecule has 1 unspecified atom stereocenters. The smallest absolute Gasteiger partial charge is 0.393 e. The Morgan fingerprint density at radius 1 is 1.26 bits per heavy atom. The van der Waals surface area contributed by atoms with Gasteiger partial charge in [-0.05, 0) is 33.1 Å². The summed E-state index contributed by atoms with van der Waals surface area (Å²) in [6.45, 7) is 5.20. The molecule has 6 nitrogen and oxygen atoms in total. The van der Waals surface area contributed by atoms with Gasteiger partial charge in [0.1, 0.15) is 6.61 Å². The van der Waals surface area contributed by atoms with E-state index in [0.717, 1.165) is 24.8 Å². The standard InChI is InChI=1S/C13H18O6/c1-8(2)11(15)18-13(17,7-14)19-12(16)9(3)10-5-4-6-10/h14,17H,1,4-7H2,2-3H3. The van der Waals surface area contributed by atoms with Crippen molar-refractivity contribution < 1.29 is 29.3 Å². The molecule has 0 aromatic rings. The molecule has 106 valence electrons. The second-order valence-corrected chi connectivity index (χ2v) is 4.51. The lowest BCUT2D eigenvalue weighted by atomic mass is 9.88. The Hall–Kier alpha value is -1.66. The highest BCUT2D eigenvalue weighted by Gasteiger charge is 2.37. The summed E-state index contributed by atoms with van der Waals surface area (Å²) in [5.41, 5.74) is 1.32. The van der Waals surface area contributed by atoms with Crippen molar-refractivity contribution in [3.8, 4) is 0 Å². The molecular weight excluding hydrogens is 252 g/mol. The summed E-state index contributed by atoms with van der Waals surface area (Å²) in [6.07, 6.45) is 2.63. The number of aliphatic hydroxyl groups is 2. The molecule has 1 atom stereocenters. The average molecular weight is 270 g/mol. The van der Waals surface area contributed by atoms with E-state index < -0.39 is 24.5 Å². The zero-order chi connectivity index (χ0) is 14.6. The first-order chi connectivity index (χ1) is 8.79. The second-order valence-electron chi connectivity index (χ2n) is 4.51. The summed E-state index contributed by atoms with van der Waals surface area (Å²) < 4.78 is 9.15. The molecule has 0 bridgehead atoms. The van der Waals surface area contributed by atoms with Gasteiger partial charge in [-0.15, -0.1) is 0 Å². The van der Waals surface area contributed by atoms with Gasteiger partial charge in [-0.1, -0.05) is 12.2 Å². The Kier molecular flexibility index (Phi) is 4.85. The summed E-state index contributed by atoms with van der Waals surface area (Å²) in [7, 11) is 0. The van der Waals surface area contributed by atoms with Crippen LogP contribution in [0.25, 0.3) is 0 Å². The van der Waals surface area contributed by atoms with Gasteiger partial charge < -0.3 is 19.7 Å². The molecule has 0 aromatic carbocycles. The minimum Gasteiger partial charge on any atom is -0.393 e. The van der Waals surface area contributed by atoms with Gasteiger partial charge in [0.05, 0.1) is 0 Å². The number of carbonyl (C=O) groups is 2. The highest BCUT2D eigenvalue weighted by atomic mass is 16.8. The van der Waals surface area contributed by atoms with Crippen LogP contribution in [0.3, 0.4) is 0 Å². The maximum Gasteiger partial charge on any atom is 0.398 e. The number of hydrogen-bond acceptors (Lipinski definition) is 6. The zero-order valence-corrected chi connectivity index (χ0v) is 11.1. The van der Waals surface area contributed by atoms with E-state index in [-0.39, 0.29) is 5.57 Å². The number of aliphatic hydroxyl groups excluding tert-OH is 1. The molecule has 2 N–H and O–H groups in total. The monoisotopic (exact) mass is 270 g/mol. The number of carbonyl (C=O) groups excluding carboxylic acids is 2. The van der Waals surface area contributed by atoms with Gasteiger partial charge in [-0.25, -0.2) is 9.59 Å². The summed E-state index contributed by atoms with van der Waals surface area (Å²) in [5, 5.41) is 18.7. The lowest BCUT2D eigenvalue weighted by molar-refractivity contribution is -0.334. The van der Waals surface area contributed by atoms with Gasteiger partial charge in [0.25, 0.3) is 0 Å². The minimum absolute atomic E-state index is 0.0111. The Morgan fingerprint density at radius 3 is 2.16 bits per heavy atom. The van der Waals surface area contributed by atoms with E-state index in [2.05, 4.69) is 16.1 Å². The first-order valence-corrected chi connectivity index (χ1v) is 5.93. The molecule has 0 radical (unpaired) electrons. The van der Waals surface area contributed by atoms with Crippen molar-refractivity contribution in [2.45, 2.75) is 39.1 Å². The average Bonchev–Trinajstić information content (AvgIpc) is 2.26. The molecule has 1 saturated carbocycles. The fraction of sp³-hybridized carbons (Fsp3) is 0.538. The van der Waals surface area contributed by atoms with E-state index in [1.54, 1.807) is 6.92 Å². The number of hydrogen-bond donors (Lipinski definition) is 2. The lowest BCUT2D eigenvalue weighted by Gasteiger charge is -2.26. The van der Waals surface area contributed by atoms with Crippen molar-refractivity contribution in [3.05, 3.63) is 23.3 Å². The van der Waals surface area contributed by atoms with Crippen LogP contribution in [0, 0.1) is 0 Å². The third kappa shape index (κ3) is 3.90. The number of allylic oxidation sites excluding steroid dienone is 1. The van der Waals surface area contributed by atoms with E-state index in [1.165, 1.54) is 6.92 Å². The molecular formula is C13H18O6. The Balaban J connectivity index is 2.72. The minimum atomic E-state index is -2.68. The zero-order valence-electron chi connectivity index (χ0n) is 11.1. The van der Waals surface area contributed by atoms with Crippen molar-refractivity contribution in [1.82, 2.24) is 0 Å². The van der Waals surface area contributed by atoms with Crippen LogP contribution in [-0.4, -0.2) is 34.7 Å². The molecule has 1 aliphatic rings. The predicted molar refractivity (Wildman–Crippen MR) is 65.6 cm³/mol. The largest absolute Gasteiger partial charge is 0.398 e. The quantitative estimate of drug-likeness (QED) is 0.436. The molecule has 1 rings (SSSR count). The summed E-state index contributed by atoms with van der Waals surface area (Å²) in [5.74, 6) is -4.46. The molecule has 0 spiro atoms.